The summed E-state index contributed by atoms with van der Waals surface area (Å²) in [6, 6.07) is 14.3. The molecule has 246 valence electrons. The van der Waals surface area contributed by atoms with E-state index in [1.807, 2.05) is 0 Å². The van der Waals surface area contributed by atoms with E-state index in [0.29, 0.717) is 5.57 Å². The van der Waals surface area contributed by atoms with Gasteiger partial charge in [0.1, 0.15) is 5.82 Å². The first kappa shape index (κ1) is 31.8. The molecule has 4 amide bonds. The van der Waals surface area contributed by atoms with Gasteiger partial charge < -0.3 is 9.84 Å². The van der Waals surface area contributed by atoms with E-state index in [4.69, 9.17) is 27.9 Å². The first-order valence-electron chi connectivity index (χ1n) is 15.1. The van der Waals surface area contributed by atoms with Crippen molar-refractivity contribution in [1.82, 2.24) is 0 Å². The molecule has 6 atom stereocenters. The Bertz CT molecular complexity index is 1950. The van der Waals surface area contributed by atoms with E-state index >= 15 is 0 Å². The highest BCUT2D eigenvalue weighted by atomic mass is 35.5. The Balaban J connectivity index is 1.39. The normalized spacial score (nSPS) is 29.4. The van der Waals surface area contributed by atoms with Crippen molar-refractivity contribution in [2.75, 3.05) is 16.4 Å². The van der Waals surface area contributed by atoms with E-state index in [1.54, 1.807) is 19.1 Å². The minimum Gasteiger partial charge on any atom is -0.504 e. The van der Waals surface area contributed by atoms with Crippen LogP contribution < -0.4 is 14.5 Å². The van der Waals surface area contributed by atoms with Gasteiger partial charge in [0, 0.05) is 23.6 Å². The van der Waals surface area contributed by atoms with Crippen LogP contribution in [0.3, 0.4) is 0 Å². The maximum Gasteiger partial charge on any atom is 0.269 e. The van der Waals surface area contributed by atoms with Crippen LogP contribution in [-0.2, 0) is 19.2 Å². The highest BCUT2D eigenvalue weighted by Crippen LogP contribution is 2.66. The van der Waals surface area contributed by atoms with Gasteiger partial charge in [-0.05, 0) is 68.1 Å². The number of aromatic hydroxyl groups is 1. The van der Waals surface area contributed by atoms with Gasteiger partial charge in [0.2, 0.25) is 11.8 Å². The van der Waals surface area contributed by atoms with Crippen LogP contribution in [-0.4, -0.2) is 50.0 Å². The number of nitro groups is 1. The molecule has 3 fully saturated rings. The third-order valence-corrected chi connectivity index (χ3v) is 11.3. The van der Waals surface area contributed by atoms with Crippen molar-refractivity contribution in [3.63, 3.8) is 0 Å². The second-order valence-electron chi connectivity index (χ2n) is 12.2. The predicted octanol–water partition coefficient (Wildman–Crippen LogP) is 5.61. The molecule has 11 nitrogen and oxygen atoms in total. The van der Waals surface area contributed by atoms with Crippen molar-refractivity contribution < 1.29 is 38.3 Å². The largest absolute Gasteiger partial charge is 0.504 e. The SMILES string of the molecule is CCOc1cccc(C2C3=CCC4C(=O)N(c5ccc([N+](=O)[O-])cc5)C(=O)C4C3CC3(Cl)C(=O)N(c4ccc(F)cc4)C(=O)C23Cl)c1O. The molecule has 48 heavy (non-hydrogen) atoms. The molecule has 1 N–H and O–H groups in total. The molecule has 6 unspecified atom stereocenters. The standard InChI is InChI=1S/C34H26Cl2FN3O8/c1-2-48-25-5-3-4-23(28(25)41)27-21-14-15-22-26(30(43)38(29(22)42)18-10-12-20(13-11-18)40(46)47)24(21)16-33(35)31(44)39(32(45)34(27,33)36)19-8-6-17(37)7-9-19/h3-14,22,24,26-27,41H,2,15-16H2,1H3. The number of fused-ring (bicyclic) bond motifs is 4. The number of phenols is 1. The molecule has 2 heterocycles. The van der Waals surface area contributed by atoms with Crippen LogP contribution in [0, 0.1) is 33.7 Å². The number of para-hydroxylation sites is 1. The number of rotatable bonds is 6. The summed E-state index contributed by atoms with van der Waals surface area (Å²) in [5.74, 6) is -7.83. The second kappa shape index (κ2) is 11.1. The summed E-state index contributed by atoms with van der Waals surface area (Å²) in [7, 11) is 0. The average Bonchev–Trinajstić information content (AvgIpc) is 3.40. The van der Waals surface area contributed by atoms with Gasteiger partial charge >= 0.3 is 0 Å². The zero-order valence-electron chi connectivity index (χ0n) is 25.1. The lowest BCUT2D eigenvalue weighted by atomic mass is 9.56. The highest BCUT2D eigenvalue weighted by Gasteiger charge is 2.77. The number of hydrogen-bond donors (Lipinski definition) is 1. The molecule has 1 saturated carbocycles. The predicted molar refractivity (Wildman–Crippen MR) is 171 cm³/mol. The summed E-state index contributed by atoms with van der Waals surface area (Å²) in [5, 5.41) is 22.7. The van der Waals surface area contributed by atoms with Crippen molar-refractivity contribution in [3.05, 3.63) is 99.9 Å². The van der Waals surface area contributed by atoms with Gasteiger partial charge in [0.15, 0.2) is 21.2 Å². The quantitative estimate of drug-likeness (QED) is 0.115. The van der Waals surface area contributed by atoms with E-state index in [0.717, 1.165) is 21.9 Å². The molecule has 0 bridgehead atoms. The van der Waals surface area contributed by atoms with Gasteiger partial charge in [-0.1, -0.05) is 23.8 Å². The molecule has 2 saturated heterocycles. The number of nitrogens with zero attached hydrogens (tertiary/aromatic N) is 3. The average molecular weight is 694 g/mol. The number of amides is 4. The van der Waals surface area contributed by atoms with Gasteiger partial charge in [0.25, 0.3) is 17.5 Å². The van der Waals surface area contributed by atoms with Crippen LogP contribution in [0.5, 0.6) is 11.5 Å². The summed E-state index contributed by atoms with van der Waals surface area (Å²) in [5.41, 5.74) is 0.517. The number of ether oxygens (including phenoxy) is 1. The van der Waals surface area contributed by atoms with E-state index < -0.39 is 67.8 Å². The molecule has 2 aliphatic heterocycles. The fourth-order valence-corrected chi connectivity index (χ4v) is 8.69. The van der Waals surface area contributed by atoms with Crippen LogP contribution in [0.2, 0.25) is 0 Å². The summed E-state index contributed by atoms with van der Waals surface area (Å²) in [6.45, 7) is 1.92. The monoisotopic (exact) mass is 693 g/mol. The van der Waals surface area contributed by atoms with Gasteiger partial charge in [-0.2, -0.15) is 0 Å². The first-order chi connectivity index (χ1) is 22.8. The van der Waals surface area contributed by atoms with E-state index in [2.05, 4.69) is 0 Å². The number of non-ortho nitro benzene ring substituents is 1. The molecule has 2 aliphatic carbocycles. The van der Waals surface area contributed by atoms with Gasteiger partial charge in [-0.25, -0.2) is 9.29 Å². The van der Waals surface area contributed by atoms with E-state index in [1.165, 1.54) is 48.5 Å². The lowest BCUT2D eigenvalue weighted by Crippen LogP contribution is -2.60. The molecule has 14 heteroatoms. The van der Waals surface area contributed by atoms with Gasteiger partial charge in [-0.15, -0.1) is 23.2 Å². The third kappa shape index (κ3) is 4.25. The smallest absolute Gasteiger partial charge is 0.269 e. The molecule has 0 spiro atoms. The summed E-state index contributed by atoms with van der Waals surface area (Å²) in [4.78, 5) is 64.8. The number of nitro benzene ring substituents is 1. The number of phenolic OH excluding ortho intramolecular Hbond substituents is 1. The molecule has 3 aromatic carbocycles. The minimum absolute atomic E-state index is 0.0261. The van der Waals surface area contributed by atoms with Gasteiger partial charge in [-0.3, -0.25) is 34.2 Å². The molecule has 7 rings (SSSR count). The Kier molecular flexibility index (Phi) is 7.37. The first-order valence-corrected chi connectivity index (χ1v) is 15.9. The van der Waals surface area contributed by atoms with E-state index in [9.17, 15) is 38.8 Å². The number of carbonyl (C=O) groups excluding carboxylic acids is 4. The summed E-state index contributed by atoms with van der Waals surface area (Å²) >= 11 is 14.7. The molecule has 0 aromatic heterocycles. The molecule has 0 radical (unpaired) electrons. The Morgan fingerprint density at radius 2 is 1.58 bits per heavy atom. The van der Waals surface area contributed by atoms with Crippen molar-refractivity contribution in [2.45, 2.75) is 35.4 Å². The van der Waals surface area contributed by atoms with Crippen LogP contribution in [0.25, 0.3) is 0 Å². The van der Waals surface area contributed by atoms with Crippen LogP contribution in [0.15, 0.2) is 78.4 Å². The number of hydrogen-bond acceptors (Lipinski definition) is 8. The lowest BCUT2D eigenvalue weighted by Gasteiger charge is -2.50. The van der Waals surface area contributed by atoms with Crippen molar-refractivity contribution in [1.29, 1.82) is 0 Å². The summed E-state index contributed by atoms with van der Waals surface area (Å²) in [6.07, 6.45) is 1.47. The van der Waals surface area contributed by atoms with Crippen molar-refractivity contribution in [2.24, 2.45) is 17.8 Å². The Labute approximate surface area is 282 Å². The number of alkyl halides is 2. The summed E-state index contributed by atoms with van der Waals surface area (Å²) < 4.78 is 19.5. The van der Waals surface area contributed by atoms with Gasteiger partial charge in [0.05, 0.1) is 34.7 Å². The maximum absolute atomic E-state index is 14.5. The van der Waals surface area contributed by atoms with Crippen molar-refractivity contribution in [3.8, 4) is 11.5 Å². The molecular weight excluding hydrogens is 668 g/mol. The number of halogens is 3. The number of anilines is 2. The Morgan fingerprint density at radius 3 is 2.23 bits per heavy atom. The van der Waals surface area contributed by atoms with E-state index in [-0.39, 0.29) is 53.6 Å². The maximum atomic E-state index is 14.5. The number of carbonyl (C=O) groups is 4. The Hall–Kier alpha value is -4.81. The van der Waals surface area contributed by atoms with Crippen LogP contribution in [0.1, 0.15) is 31.2 Å². The fraction of sp³-hybridized carbons (Fsp3) is 0.294. The Morgan fingerprint density at radius 1 is 0.938 bits per heavy atom. The third-order valence-electron chi connectivity index (χ3n) is 9.86. The zero-order valence-corrected chi connectivity index (χ0v) is 26.7. The van der Waals surface area contributed by atoms with Crippen LogP contribution in [0.4, 0.5) is 21.5 Å². The topological polar surface area (TPSA) is 147 Å². The molecule has 3 aromatic rings. The molecular formula is C34H26Cl2FN3O8. The molecule has 4 aliphatic rings. The number of benzene rings is 3. The minimum atomic E-state index is -2.23. The zero-order chi connectivity index (χ0) is 34.3. The van der Waals surface area contributed by atoms with Crippen LogP contribution >= 0.6 is 23.2 Å². The second-order valence-corrected chi connectivity index (χ2v) is 13.4. The number of allylic oxidation sites excluding steroid dienone is 2. The number of imide groups is 2. The van der Waals surface area contributed by atoms with Crippen molar-refractivity contribution >= 4 is 63.9 Å². The fourth-order valence-electron chi connectivity index (χ4n) is 7.77. The highest BCUT2D eigenvalue weighted by molar-refractivity contribution is 6.58. The lowest BCUT2D eigenvalue weighted by molar-refractivity contribution is -0.384.